The smallest absolute Gasteiger partial charge is 0.253 e. The second kappa shape index (κ2) is 9.39. The number of carbonyl (C=O) groups excluding carboxylic acids is 2. The Morgan fingerprint density at radius 2 is 1.90 bits per heavy atom. The molecule has 0 aliphatic carbocycles. The zero-order valence-electron chi connectivity index (χ0n) is 17.6. The lowest BCUT2D eigenvalue weighted by Crippen LogP contribution is -2.41. The van der Waals surface area contributed by atoms with Crippen LogP contribution < -0.4 is 10.2 Å². The normalized spacial score (nSPS) is 14.9. The molecule has 3 rings (SSSR count). The Bertz CT molecular complexity index is 839. The number of hydrogen-bond acceptors (Lipinski definition) is 5. The van der Waals surface area contributed by atoms with Crippen LogP contribution in [0, 0.1) is 12.8 Å². The van der Waals surface area contributed by atoms with Crippen LogP contribution in [0.15, 0.2) is 29.6 Å². The second-order valence-electron chi connectivity index (χ2n) is 7.78. The molecule has 0 atom stereocenters. The average Bonchev–Trinajstić information content (AvgIpc) is 3.13. The van der Waals surface area contributed by atoms with Crippen LogP contribution in [0.1, 0.15) is 49.7 Å². The third-order valence-electron chi connectivity index (χ3n) is 5.41. The molecule has 0 bridgehead atoms. The monoisotopic (exact) mass is 414 g/mol. The van der Waals surface area contributed by atoms with Crippen LogP contribution in [-0.2, 0) is 4.79 Å². The SMILES string of the molecule is CCN(c1ccc(C(=O)N2CCC(C(=O)Nc3nc(C)cs3)CC2)cc1)C(C)C. The van der Waals surface area contributed by atoms with Gasteiger partial charge in [-0.15, -0.1) is 11.3 Å². The van der Waals surface area contributed by atoms with Crippen LogP contribution in [0.5, 0.6) is 0 Å². The summed E-state index contributed by atoms with van der Waals surface area (Å²) in [5.41, 5.74) is 2.74. The van der Waals surface area contributed by atoms with Gasteiger partial charge in [0.25, 0.3) is 5.91 Å². The predicted octanol–water partition coefficient (Wildman–Crippen LogP) is 4.18. The molecular formula is C22H30N4O2S. The maximum atomic E-state index is 12.9. The van der Waals surface area contributed by atoms with Gasteiger partial charge in [-0.2, -0.15) is 0 Å². The fraction of sp³-hybridized carbons (Fsp3) is 0.500. The summed E-state index contributed by atoms with van der Waals surface area (Å²) < 4.78 is 0. The quantitative estimate of drug-likeness (QED) is 0.770. The van der Waals surface area contributed by atoms with Crippen molar-refractivity contribution in [2.75, 3.05) is 29.9 Å². The number of hydrogen-bond donors (Lipinski definition) is 1. The van der Waals surface area contributed by atoms with Crippen molar-refractivity contribution in [3.05, 3.63) is 40.9 Å². The number of nitrogens with zero attached hydrogens (tertiary/aromatic N) is 3. The van der Waals surface area contributed by atoms with Gasteiger partial charge >= 0.3 is 0 Å². The first kappa shape index (κ1) is 21.3. The lowest BCUT2D eigenvalue weighted by atomic mass is 9.95. The van der Waals surface area contributed by atoms with Crippen LogP contribution in [0.2, 0.25) is 0 Å². The first-order valence-corrected chi connectivity index (χ1v) is 11.2. The molecule has 0 saturated carbocycles. The highest BCUT2D eigenvalue weighted by molar-refractivity contribution is 7.13. The molecule has 2 heterocycles. The van der Waals surface area contributed by atoms with E-state index in [1.165, 1.54) is 11.3 Å². The summed E-state index contributed by atoms with van der Waals surface area (Å²) >= 11 is 1.44. The molecule has 6 nitrogen and oxygen atoms in total. The molecule has 7 heteroatoms. The molecule has 1 aliphatic rings. The number of aryl methyl sites for hydroxylation is 1. The van der Waals surface area contributed by atoms with Gasteiger partial charge in [0.05, 0.1) is 5.69 Å². The fourth-order valence-corrected chi connectivity index (χ4v) is 4.48. The number of aromatic nitrogens is 1. The van der Waals surface area contributed by atoms with Crippen LogP contribution >= 0.6 is 11.3 Å². The third-order valence-corrected chi connectivity index (χ3v) is 6.29. The van der Waals surface area contributed by atoms with E-state index < -0.39 is 0 Å². The van der Waals surface area contributed by atoms with E-state index >= 15 is 0 Å². The number of thiazole rings is 1. The van der Waals surface area contributed by atoms with Crippen molar-refractivity contribution < 1.29 is 9.59 Å². The Labute approximate surface area is 176 Å². The van der Waals surface area contributed by atoms with Gasteiger partial charge in [0.2, 0.25) is 5.91 Å². The maximum Gasteiger partial charge on any atom is 0.253 e. The van der Waals surface area contributed by atoms with Gasteiger partial charge in [-0.3, -0.25) is 9.59 Å². The number of benzene rings is 1. The number of nitrogens with one attached hydrogen (secondary N) is 1. The van der Waals surface area contributed by atoms with Crippen molar-refractivity contribution in [3.8, 4) is 0 Å². The van der Waals surface area contributed by atoms with Crippen LogP contribution in [0.3, 0.4) is 0 Å². The topological polar surface area (TPSA) is 65.5 Å². The summed E-state index contributed by atoms with van der Waals surface area (Å²) in [6.07, 6.45) is 1.36. The molecule has 2 aromatic rings. The van der Waals surface area contributed by atoms with E-state index in [0.29, 0.717) is 42.7 Å². The molecule has 156 valence electrons. The summed E-state index contributed by atoms with van der Waals surface area (Å²) in [5, 5.41) is 5.47. The van der Waals surface area contributed by atoms with Gasteiger partial charge in [-0.1, -0.05) is 0 Å². The van der Waals surface area contributed by atoms with E-state index in [-0.39, 0.29) is 17.7 Å². The number of rotatable bonds is 6. The summed E-state index contributed by atoms with van der Waals surface area (Å²) in [6, 6.07) is 8.28. The zero-order valence-corrected chi connectivity index (χ0v) is 18.5. The van der Waals surface area contributed by atoms with Gasteiger partial charge in [-0.25, -0.2) is 4.98 Å². The van der Waals surface area contributed by atoms with E-state index in [2.05, 4.69) is 36.0 Å². The van der Waals surface area contributed by atoms with Crippen molar-refractivity contribution in [1.29, 1.82) is 0 Å². The summed E-state index contributed by atoms with van der Waals surface area (Å²) in [4.78, 5) is 33.7. The van der Waals surface area contributed by atoms with E-state index in [1.807, 2.05) is 41.5 Å². The number of anilines is 2. The van der Waals surface area contributed by atoms with Gasteiger partial charge in [0, 0.05) is 48.2 Å². The second-order valence-corrected chi connectivity index (χ2v) is 8.63. The molecular weight excluding hydrogens is 384 g/mol. The Balaban J connectivity index is 1.55. The van der Waals surface area contributed by atoms with Crippen molar-refractivity contribution >= 4 is 34.0 Å². The highest BCUT2D eigenvalue weighted by Gasteiger charge is 2.28. The molecule has 1 aliphatic heterocycles. The first-order valence-electron chi connectivity index (χ1n) is 10.3. The van der Waals surface area contributed by atoms with E-state index in [0.717, 1.165) is 17.9 Å². The average molecular weight is 415 g/mol. The van der Waals surface area contributed by atoms with Crippen molar-refractivity contribution in [2.45, 2.75) is 46.6 Å². The van der Waals surface area contributed by atoms with Gasteiger partial charge < -0.3 is 15.1 Å². The van der Waals surface area contributed by atoms with Crippen LogP contribution in [-0.4, -0.2) is 47.4 Å². The minimum atomic E-state index is -0.0743. The Kier molecular flexibility index (Phi) is 6.90. The highest BCUT2D eigenvalue weighted by atomic mass is 32.1. The Morgan fingerprint density at radius 3 is 2.41 bits per heavy atom. The molecule has 0 unspecified atom stereocenters. The lowest BCUT2D eigenvalue weighted by Gasteiger charge is -2.31. The number of carbonyl (C=O) groups is 2. The van der Waals surface area contributed by atoms with E-state index in [1.54, 1.807) is 0 Å². The predicted molar refractivity (Wildman–Crippen MR) is 119 cm³/mol. The Hall–Kier alpha value is -2.41. The zero-order chi connectivity index (χ0) is 21.0. The van der Waals surface area contributed by atoms with Crippen LogP contribution in [0.25, 0.3) is 0 Å². The molecule has 29 heavy (non-hydrogen) atoms. The summed E-state index contributed by atoms with van der Waals surface area (Å²) in [7, 11) is 0. The third kappa shape index (κ3) is 5.15. The van der Waals surface area contributed by atoms with Crippen molar-refractivity contribution in [2.24, 2.45) is 5.92 Å². The van der Waals surface area contributed by atoms with Gasteiger partial charge in [-0.05, 0) is 64.8 Å². The minimum absolute atomic E-state index is 0.00384. The molecule has 1 aromatic carbocycles. The number of amides is 2. The van der Waals surface area contributed by atoms with Crippen molar-refractivity contribution in [3.63, 3.8) is 0 Å². The van der Waals surface area contributed by atoms with Crippen LogP contribution in [0.4, 0.5) is 10.8 Å². The van der Waals surface area contributed by atoms with E-state index in [4.69, 9.17) is 0 Å². The molecule has 2 amide bonds. The van der Waals surface area contributed by atoms with E-state index in [9.17, 15) is 9.59 Å². The van der Waals surface area contributed by atoms with Gasteiger partial charge in [0.15, 0.2) is 5.13 Å². The first-order chi connectivity index (χ1) is 13.9. The summed E-state index contributed by atoms with van der Waals surface area (Å²) in [6.45, 7) is 10.5. The maximum absolute atomic E-state index is 12.9. The summed E-state index contributed by atoms with van der Waals surface area (Å²) in [5.74, 6) is -0.0301. The molecule has 0 radical (unpaired) electrons. The molecule has 0 spiro atoms. The van der Waals surface area contributed by atoms with Crippen molar-refractivity contribution in [1.82, 2.24) is 9.88 Å². The fourth-order valence-electron chi connectivity index (χ4n) is 3.79. The van der Waals surface area contributed by atoms with Gasteiger partial charge in [0.1, 0.15) is 0 Å². The Morgan fingerprint density at radius 1 is 1.24 bits per heavy atom. The standard InChI is InChI=1S/C22H30N4O2S/c1-5-26(15(2)3)19-8-6-18(7-9-19)21(28)25-12-10-17(11-13-25)20(27)24-22-23-16(4)14-29-22/h6-9,14-15,17H,5,10-13H2,1-4H3,(H,23,24,27). The molecule has 1 aromatic heterocycles. The lowest BCUT2D eigenvalue weighted by molar-refractivity contribution is -0.121. The molecule has 1 saturated heterocycles. The molecule has 1 N–H and O–H groups in total. The number of likely N-dealkylation sites (tertiary alicyclic amines) is 1. The largest absolute Gasteiger partial charge is 0.369 e. The highest BCUT2D eigenvalue weighted by Crippen LogP contribution is 2.23. The minimum Gasteiger partial charge on any atom is -0.369 e. The number of piperidine rings is 1. The molecule has 1 fully saturated rings.